The minimum atomic E-state index is -0.347. The van der Waals surface area contributed by atoms with Gasteiger partial charge in [-0.3, -0.25) is 0 Å². The molecule has 0 bridgehead atoms. The molecule has 0 aliphatic heterocycles. The minimum absolute atomic E-state index is 0.347. The number of hydrogen-bond donors (Lipinski definition) is 1. The zero-order valence-corrected chi connectivity index (χ0v) is 11.7. The Hall–Kier alpha value is -1.11. The molecule has 19 heavy (non-hydrogen) atoms. The van der Waals surface area contributed by atoms with Crippen LogP contribution >= 0.6 is 23.4 Å². The van der Waals surface area contributed by atoms with Crippen LogP contribution < -0.4 is 5.73 Å². The van der Waals surface area contributed by atoms with Gasteiger partial charge in [0.25, 0.3) is 5.22 Å². The van der Waals surface area contributed by atoms with Crippen molar-refractivity contribution in [2.45, 2.75) is 23.8 Å². The largest absolute Gasteiger partial charge is 0.416 e. The third-order valence-corrected chi connectivity index (χ3v) is 3.63. The molecule has 2 N–H and O–H groups in total. The maximum Gasteiger partial charge on any atom is 0.276 e. The van der Waals surface area contributed by atoms with E-state index in [1.165, 1.54) is 23.9 Å². The molecule has 1 heterocycles. The molecular formula is C12H13ClFN3OS. The lowest BCUT2D eigenvalue weighted by Gasteiger charge is -2.01. The first-order chi connectivity index (χ1) is 9.19. The van der Waals surface area contributed by atoms with Gasteiger partial charge in [-0.15, -0.1) is 10.2 Å². The van der Waals surface area contributed by atoms with Gasteiger partial charge in [0.15, 0.2) is 0 Å². The van der Waals surface area contributed by atoms with Crippen LogP contribution in [0.3, 0.4) is 0 Å². The highest BCUT2D eigenvalue weighted by atomic mass is 35.5. The lowest BCUT2D eigenvalue weighted by atomic mass is 10.2. The molecule has 7 heteroatoms. The number of halogens is 2. The highest BCUT2D eigenvalue weighted by molar-refractivity contribution is 7.98. The van der Waals surface area contributed by atoms with Crippen molar-refractivity contribution in [2.75, 3.05) is 6.54 Å². The smallest absolute Gasteiger partial charge is 0.276 e. The third-order valence-electron chi connectivity index (χ3n) is 2.41. The van der Waals surface area contributed by atoms with Gasteiger partial charge < -0.3 is 10.2 Å². The first-order valence-corrected chi connectivity index (χ1v) is 7.14. The van der Waals surface area contributed by atoms with Crippen LogP contribution in [0.1, 0.15) is 17.9 Å². The van der Waals surface area contributed by atoms with E-state index in [0.29, 0.717) is 34.9 Å². The molecule has 2 aromatic rings. The Balaban J connectivity index is 1.92. The molecule has 2 rings (SSSR count). The van der Waals surface area contributed by atoms with Crippen molar-refractivity contribution >= 4 is 23.4 Å². The molecule has 0 aliphatic rings. The quantitative estimate of drug-likeness (QED) is 0.831. The number of nitrogens with zero attached hydrogens (tertiary/aromatic N) is 2. The van der Waals surface area contributed by atoms with Crippen LogP contribution in [0, 0.1) is 5.82 Å². The monoisotopic (exact) mass is 301 g/mol. The summed E-state index contributed by atoms with van der Waals surface area (Å²) in [5, 5.41) is 8.71. The van der Waals surface area contributed by atoms with Gasteiger partial charge in [-0.05, 0) is 30.7 Å². The van der Waals surface area contributed by atoms with E-state index in [-0.39, 0.29) is 5.82 Å². The van der Waals surface area contributed by atoms with E-state index in [9.17, 15) is 4.39 Å². The lowest BCUT2D eigenvalue weighted by molar-refractivity contribution is 0.410. The highest BCUT2D eigenvalue weighted by Gasteiger charge is 2.08. The van der Waals surface area contributed by atoms with E-state index in [0.717, 1.165) is 12.0 Å². The summed E-state index contributed by atoms with van der Waals surface area (Å²) in [6, 6.07) is 4.32. The van der Waals surface area contributed by atoms with Gasteiger partial charge >= 0.3 is 0 Å². The molecule has 4 nitrogen and oxygen atoms in total. The van der Waals surface area contributed by atoms with Crippen molar-refractivity contribution in [3.8, 4) is 0 Å². The predicted molar refractivity (Wildman–Crippen MR) is 72.6 cm³/mol. The molecule has 0 fully saturated rings. The lowest BCUT2D eigenvalue weighted by Crippen LogP contribution is -2.00. The topological polar surface area (TPSA) is 64.9 Å². The van der Waals surface area contributed by atoms with Crippen molar-refractivity contribution < 1.29 is 8.81 Å². The van der Waals surface area contributed by atoms with Crippen LogP contribution in [-0.2, 0) is 12.2 Å². The molecule has 0 spiro atoms. The van der Waals surface area contributed by atoms with Crippen LogP contribution in [0.2, 0.25) is 5.02 Å². The van der Waals surface area contributed by atoms with Crippen molar-refractivity contribution in [3.63, 3.8) is 0 Å². The van der Waals surface area contributed by atoms with Crippen LogP contribution in [0.5, 0.6) is 0 Å². The number of aryl methyl sites for hydroxylation is 1. The fourth-order valence-electron chi connectivity index (χ4n) is 1.43. The summed E-state index contributed by atoms with van der Waals surface area (Å²) in [6.07, 6.45) is 1.50. The summed E-state index contributed by atoms with van der Waals surface area (Å²) in [7, 11) is 0. The molecule has 0 radical (unpaired) electrons. The maximum atomic E-state index is 12.9. The summed E-state index contributed by atoms with van der Waals surface area (Å²) in [4.78, 5) is 0. The summed E-state index contributed by atoms with van der Waals surface area (Å²) in [6.45, 7) is 0.593. The van der Waals surface area contributed by atoms with Gasteiger partial charge in [-0.2, -0.15) is 0 Å². The molecule has 1 aromatic carbocycles. The summed E-state index contributed by atoms with van der Waals surface area (Å²) < 4.78 is 18.3. The SMILES string of the molecule is NCCCc1nnc(SCc2ccc(F)cc2Cl)o1. The van der Waals surface area contributed by atoms with Crippen LogP contribution in [-0.4, -0.2) is 16.7 Å². The Kier molecular flexibility index (Phi) is 5.18. The Bertz CT molecular complexity index is 550. The molecule has 0 unspecified atom stereocenters. The Morgan fingerprint density at radius 3 is 2.95 bits per heavy atom. The Morgan fingerprint density at radius 2 is 2.21 bits per heavy atom. The Labute approximate surface area is 119 Å². The van der Waals surface area contributed by atoms with E-state index < -0.39 is 0 Å². The van der Waals surface area contributed by atoms with Gasteiger partial charge in [0, 0.05) is 17.2 Å². The number of rotatable bonds is 6. The van der Waals surface area contributed by atoms with E-state index in [1.807, 2.05) is 0 Å². The highest BCUT2D eigenvalue weighted by Crippen LogP contribution is 2.26. The maximum absolute atomic E-state index is 12.9. The van der Waals surface area contributed by atoms with E-state index in [4.69, 9.17) is 21.8 Å². The molecule has 0 amide bonds. The average Bonchev–Trinajstić information content (AvgIpc) is 2.83. The van der Waals surface area contributed by atoms with Gasteiger partial charge in [0.1, 0.15) is 5.82 Å². The normalized spacial score (nSPS) is 10.9. The molecule has 0 saturated carbocycles. The molecule has 0 atom stereocenters. The second kappa shape index (κ2) is 6.88. The fourth-order valence-corrected chi connectivity index (χ4v) is 2.53. The number of benzene rings is 1. The zero-order valence-electron chi connectivity index (χ0n) is 10.1. The number of hydrogen-bond acceptors (Lipinski definition) is 5. The first-order valence-electron chi connectivity index (χ1n) is 5.78. The van der Waals surface area contributed by atoms with E-state index in [2.05, 4.69) is 10.2 Å². The predicted octanol–water partition coefficient (Wildman–Crippen LogP) is 3.05. The van der Waals surface area contributed by atoms with Crippen molar-refractivity contribution in [1.82, 2.24) is 10.2 Å². The van der Waals surface area contributed by atoms with Crippen LogP contribution in [0.25, 0.3) is 0 Å². The van der Waals surface area contributed by atoms with Crippen LogP contribution in [0.15, 0.2) is 27.8 Å². The Morgan fingerprint density at radius 1 is 1.37 bits per heavy atom. The average molecular weight is 302 g/mol. The van der Waals surface area contributed by atoms with Gasteiger partial charge in [0.05, 0.1) is 0 Å². The second-order valence-electron chi connectivity index (χ2n) is 3.88. The third kappa shape index (κ3) is 4.19. The second-order valence-corrected chi connectivity index (χ2v) is 5.21. The van der Waals surface area contributed by atoms with E-state index >= 15 is 0 Å². The molecule has 102 valence electrons. The molecule has 0 aliphatic carbocycles. The van der Waals surface area contributed by atoms with Crippen LogP contribution in [0.4, 0.5) is 4.39 Å². The summed E-state index contributed by atoms with van der Waals surface area (Å²) in [5.41, 5.74) is 6.23. The van der Waals surface area contributed by atoms with Crippen molar-refractivity contribution in [2.24, 2.45) is 5.73 Å². The van der Waals surface area contributed by atoms with Gasteiger partial charge in [0.2, 0.25) is 5.89 Å². The number of thioether (sulfide) groups is 1. The van der Waals surface area contributed by atoms with Crippen molar-refractivity contribution in [1.29, 1.82) is 0 Å². The summed E-state index contributed by atoms with van der Waals surface area (Å²) in [5.74, 6) is 0.788. The summed E-state index contributed by atoms with van der Waals surface area (Å²) >= 11 is 7.31. The zero-order chi connectivity index (χ0) is 13.7. The number of aromatic nitrogens is 2. The number of nitrogens with two attached hydrogens (primary N) is 1. The minimum Gasteiger partial charge on any atom is -0.416 e. The first kappa shape index (κ1) is 14.3. The van der Waals surface area contributed by atoms with Gasteiger partial charge in [-0.25, -0.2) is 4.39 Å². The standard InChI is InChI=1S/C12H13ClFN3OS/c13-10-6-9(14)4-3-8(10)7-19-12-17-16-11(18-12)2-1-5-15/h3-4,6H,1-2,5,7,15H2. The fraction of sp³-hybridized carbons (Fsp3) is 0.333. The van der Waals surface area contributed by atoms with E-state index in [1.54, 1.807) is 6.07 Å². The van der Waals surface area contributed by atoms with Gasteiger partial charge in [-0.1, -0.05) is 29.4 Å². The molecular weight excluding hydrogens is 289 g/mol. The molecule has 1 aromatic heterocycles. The van der Waals surface area contributed by atoms with Crippen molar-refractivity contribution in [3.05, 3.63) is 40.5 Å². The molecule has 0 saturated heterocycles.